The molecule has 4 saturated carbocycles. The molecule has 3 heteroatoms. The lowest BCUT2D eigenvalue weighted by molar-refractivity contribution is -0.138. The first-order chi connectivity index (χ1) is 11.4. The number of aliphatic hydroxyl groups excluding tert-OH is 1. The standard InChI is InChI=1S/C21H30O3/c1-20-8-5-14(23)12-18(20)13(7-10-22)11-15-16-3-4-19(24)21(16,2)9-6-17(15)20/h7,15-18,22H,3-6,8-12H2,1-2H3/b13-7+/t15-,16-,17-,18?,20+,21-/m0/s1. The first-order valence-electron chi connectivity index (χ1n) is 9.75. The lowest BCUT2D eigenvalue weighted by Crippen LogP contribution is -2.54. The maximum Gasteiger partial charge on any atom is 0.139 e. The van der Waals surface area contributed by atoms with Crippen molar-refractivity contribution >= 4 is 11.6 Å². The lowest BCUT2D eigenvalue weighted by atomic mass is 9.44. The number of carbonyl (C=O) groups excluding carboxylic acids is 2. The summed E-state index contributed by atoms with van der Waals surface area (Å²) >= 11 is 0. The second-order valence-electron chi connectivity index (χ2n) is 9.26. The monoisotopic (exact) mass is 330 g/mol. The van der Waals surface area contributed by atoms with Crippen LogP contribution >= 0.6 is 0 Å². The van der Waals surface area contributed by atoms with Gasteiger partial charge in [-0.15, -0.1) is 0 Å². The number of ketones is 2. The van der Waals surface area contributed by atoms with E-state index in [0.29, 0.717) is 48.1 Å². The van der Waals surface area contributed by atoms with Crippen LogP contribution in [0, 0.1) is 34.5 Å². The highest BCUT2D eigenvalue weighted by Crippen LogP contribution is 2.66. The molecular formula is C21H30O3. The molecule has 0 saturated heterocycles. The molecule has 4 rings (SSSR count). The summed E-state index contributed by atoms with van der Waals surface area (Å²) in [6.07, 6.45) is 9.29. The van der Waals surface area contributed by atoms with Gasteiger partial charge in [0.2, 0.25) is 0 Å². The van der Waals surface area contributed by atoms with Crippen LogP contribution in [0.25, 0.3) is 0 Å². The molecule has 6 atom stereocenters. The molecule has 0 radical (unpaired) electrons. The van der Waals surface area contributed by atoms with E-state index in [2.05, 4.69) is 13.8 Å². The first-order valence-corrected chi connectivity index (χ1v) is 9.75. The molecule has 0 aromatic carbocycles. The number of Topliss-reactive ketones (excluding diaryl/α,β-unsaturated/α-hetero) is 2. The van der Waals surface area contributed by atoms with E-state index < -0.39 is 0 Å². The quantitative estimate of drug-likeness (QED) is 0.746. The van der Waals surface area contributed by atoms with E-state index in [-0.39, 0.29) is 17.4 Å². The summed E-state index contributed by atoms with van der Waals surface area (Å²) in [5.41, 5.74) is 1.36. The topological polar surface area (TPSA) is 54.4 Å². The van der Waals surface area contributed by atoms with Crippen LogP contribution in [0.3, 0.4) is 0 Å². The Morgan fingerprint density at radius 1 is 1.08 bits per heavy atom. The zero-order valence-corrected chi connectivity index (χ0v) is 15.0. The molecule has 1 N–H and O–H groups in total. The van der Waals surface area contributed by atoms with E-state index >= 15 is 0 Å². The van der Waals surface area contributed by atoms with Gasteiger partial charge in [-0.1, -0.05) is 25.5 Å². The summed E-state index contributed by atoms with van der Waals surface area (Å²) < 4.78 is 0. The van der Waals surface area contributed by atoms with Gasteiger partial charge in [-0.3, -0.25) is 9.59 Å². The van der Waals surface area contributed by atoms with Gasteiger partial charge >= 0.3 is 0 Å². The average molecular weight is 330 g/mol. The molecule has 4 fully saturated rings. The Kier molecular flexibility index (Phi) is 3.80. The van der Waals surface area contributed by atoms with Crippen molar-refractivity contribution in [2.75, 3.05) is 6.61 Å². The van der Waals surface area contributed by atoms with Crippen LogP contribution in [-0.4, -0.2) is 23.3 Å². The van der Waals surface area contributed by atoms with E-state index in [1.165, 1.54) is 5.57 Å². The van der Waals surface area contributed by atoms with Gasteiger partial charge in [-0.25, -0.2) is 0 Å². The van der Waals surface area contributed by atoms with Crippen molar-refractivity contribution in [1.29, 1.82) is 0 Å². The Morgan fingerprint density at radius 3 is 2.62 bits per heavy atom. The van der Waals surface area contributed by atoms with Crippen LogP contribution in [0.5, 0.6) is 0 Å². The second kappa shape index (κ2) is 5.52. The minimum absolute atomic E-state index is 0.0638. The molecule has 0 aromatic rings. The maximum atomic E-state index is 12.5. The van der Waals surface area contributed by atoms with Crippen LogP contribution in [0.4, 0.5) is 0 Å². The minimum Gasteiger partial charge on any atom is -0.392 e. The van der Waals surface area contributed by atoms with Crippen molar-refractivity contribution in [2.45, 2.75) is 65.2 Å². The number of carbonyl (C=O) groups is 2. The number of hydrogen-bond donors (Lipinski definition) is 1. The third-order valence-electron chi connectivity index (χ3n) is 8.44. The van der Waals surface area contributed by atoms with Crippen molar-refractivity contribution in [1.82, 2.24) is 0 Å². The van der Waals surface area contributed by atoms with Gasteiger partial charge in [-0.05, 0) is 61.2 Å². The number of fused-ring (bicyclic) bond motifs is 5. The highest BCUT2D eigenvalue weighted by Gasteiger charge is 2.61. The second-order valence-corrected chi connectivity index (χ2v) is 9.26. The predicted octanol–water partition coefficient (Wildman–Crippen LogP) is 3.70. The molecule has 4 aliphatic carbocycles. The van der Waals surface area contributed by atoms with E-state index in [0.717, 1.165) is 38.5 Å². The zero-order chi connectivity index (χ0) is 17.1. The van der Waals surface area contributed by atoms with Crippen molar-refractivity contribution < 1.29 is 14.7 Å². The summed E-state index contributed by atoms with van der Waals surface area (Å²) in [6, 6.07) is 0. The summed E-state index contributed by atoms with van der Waals surface area (Å²) in [5.74, 6) is 2.87. The third-order valence-corrected chi connectivity index (χ3v) is 8.44. The summed E-state index contributed by atoms with van der Waals surface area (Å²) in [5, 5.41) is 9.52. The number of aliphatic hydroxyl groups is 1. The van der Waals surface area contributed by atoms with Gasteiger partial charge in [0, 0.05) is 24.7 Å². The Labute approximate surface area is 144 Å². The van der Waals surface area contributed by atoms with Gasteiger partial charge in [0.05, 0.1) is 6.61 Å². The van der Waals surface area contributed by atoms with Crippen molar-refractivity contribution in [3.8, 4) is 0 Å². The number of allylic oxidation sites excluding steroid dienone is 1. The van der Waals surface area contributed by atoms with E-state index in [1.807, 2.05) is 6.08 Å². The first kappa shape index (κ1) is 16.5. The molecule has 0 spiro atoms. The molecule has 0 amide bonds. The number of hydrogen-bond acceptors (Lipinski definition) is 3. The van der Waals surface area contributed by atoms with E-state index in [4.69, 9.17) is 0 Å². The summed E-state index contributed by atoms with van der Waals surface area (Å²) in [4.78, 5) is 24.6. The molecule has 0 aliphatic heterocycles. The highest BCUT2D eigenvalue weighted by atomic mass is 16.2. The van der Waals surface area contributed by atoms with Gasteiger partial charge in [-0.2, -0.15) is 0 Å². The Hall–Kier alpha value is -0.960. The molecule has 3 nitrogen and oxygen atoms in total. The summed E-state index contributed by atoms with van der Waals surface area (Å²) in [6.45, 7) is 4.66. The van der Waals surface area contributed by atoms with Gasteiger partial charge in [0.15, 0.2) is 0 Å². The SMILES string of the molecule is C[C@]12CCC(=O)CC1/C(=C/CO)C[C@@H]1[C@@H]2CC[C@]2(C)C(=O)CC[C@@H]12. The fourth-order valence-electron chi connectivity index (χ4n) is 7.06. The smallest absolute Gasteiger partial charge is 0.139 e. The van der Waals surface area contributed by atoms with Crippen LogP contribution in [0.15, 0.2) is 11.6 Å². The highest BCUT2D eigenvalue weighted by molar-refractivity contribution is 5.87. The van der Waals surface area contributed by atoms with Crippen molar-refractivity contribution in [3.05, 3.63) is 11.6 Å². The maximum absolute atomic E-state index is 12.5. The van der Waals surface area contributed by atoms with E-state index in [1.54, 1.807) is 0 Å². The molecule has 4 aliphatic rings. The van der Waals surface area contributed by atoms with Crippen LogP contribution in [0.1, 0.15) is 65.2 Å². The number of rotatable bonds is 1. The molecule has 0 bridgehead atoms. The predicted molar refractivity (Wildman–Crippen MR) is 92.3 cm³/mol. The van der Waals surface area contributed by atoms with E-state index in [9.17, 15) is 14.7 Å². The largest absolute Gasteiger partial charge is 0.392 e. The molecule has 0 aromatic heterocycles. The van der Waals surface area contributed by atoms with Crippen LogP contribution in [0.2, 0.25) is 0 Å². The fraction of sp³-hybridized carbons (Fsp3) is 0.810. The molecule has 24 heavy (non-hydrogen) atoms. The Balaban J connectivity index is 1.74. The average Bonchev–Trinajstić information content (AvgIpc) is 2.85. The van der Waals surface area contributed by atoms with Gasteiger partial charge in [0.25, 0.3) is 0 Å². The Bertz CT molecular complexity index is 606. The van der Waals surface area contributed by atoms with Gasteiger partial charge < -0.3 is 5.11 Å². The molecule has 132 valence electrons. The fourth-order valence-corrected chi connectivity index (χ4v) is 7.06. The lowest BCUT2D eigenvalue weighted by Gasteiger charge is -2.60. The zero-order valence-electron chi connectivity index (χ0n) is 15.0. The van der Waals surface area contributed by atoms with Crippen LogP contribution in [-0.2, 0) is 9.59 Å². The minimum atomic E-state index is -0.112. The third kappa shape index (κ3) is 2.13. The van der Waals surface area contributed by atoms with Crippen molar-refractivity contribution in [3.63, 3.8) is 0 Å². The molecule has 1 unspecified atom stereocenters. The van der Waals surface area contributed by atoms with Crippen molar-refractivity contribution in [2.24, 2.45) is 34.5 Å². The Morgan fingerprint density at radius 2 is 1.88 bits per heavy atom. The molecule has 0 heterocycles. The van der Waals surface area contributed by atoms with Crippen LogP contribution < -0.4 is 0 Å². The summed E-state index contributed by atoms with van der Waals surface area (Å²) in [7, 11) is 0. The van der Waals surface area contributed by atoms with Gasteiger partial charge in [0.1, 0.15) is 11.6 Å². The normalized spacial score (nSPS) is 49.7. The molecular weight excluding hydrogens is 300 g/mol.